The van der Waals surface area contributed by atoms with Gasteiger partial charge in [-0.1, -0.05) is 54.6 Å². The summed E-state index contributed by atoms with van der Waals surface area (Å²) in [6, 6.07) is 20.4. The molecule has 0 aliphatic carbocycles. The van der Waals surface area contributed by atoms with Gasteiger partial charge in [0.2, 0.25) is 0 Å². The van der Waals surface area contributed by atoms with Gasteiger partial charge in [0, 0.05) is 6.04 Å². The van der Waals surface area contributed by atoms with Crippen molar-refractivity contribution in [3.63, 3.8) is 0 Å². The molecule has 0 unspecified atom stereocenters. The summed E-state index contributed by atoms with van der Waals surface area (Å²) in [5, 5.41) is 5.88. The van der Waals surface area contributed by atoms with Gasteiger partial charge in [-0.15, -0.1) is 0 Å². The molecule has 0 heterocycles. The van der Waals surface area contributed by atoms with Crippen molar-refractivity contribution < 1.29 is 13.2 Å². The number of hydrogen-bond donors (Lipinski definition) is 1. The molecule has 0 aliphatic heterocycles. The van der Waals surface area contributed by atoms with Crippen LogP contribution in [-0.4, -0.2) is 6.54 Å². The van der Waals surface area contributed by atoms with Crippen LogP contribution in [0.15, 0.2) is 66.7 Å². The first-order valence-electron chi connectivity index (χ1n) is 8.82. The van der Waals surface area contributed by atoms with Gasteiger partial charge in [-0.25, -0.2) is 0 Å². The minimum absolute atomic E-state index is 0.195. The monoisotopic (exact) mass is 357 g/mol. The Morgan fingerprint density at radius 3 is 2.42 bits per heavy atom. The van der Waals surface area contributed by atoms with E-state index in [1.165, 1.54) is 28.5 Å². The lowest BCUT2D eigenvalue weighted by atomic mass is 10.0. The molecule has 26 heavy (non-hydrogen) atoms. The number of nitrogens with one attached hydrogen (secondary N) is 1. The zero-order valence-electron chi connectivity index (χ0n) is 14.7. The second-order valence-electron chi connectivity index (χ2n) is 6.58. The molecule has 0 fully saturated rings. The van der Waals surface area contributed by atoms with Crippen molar-refractivity contribution in [1.82, 2.24) is 5.32 Å². The molecule has 0 radical (unpaired) electrons. The third-order valence-corrected chi connectivity index (χ3v) is 4.62. The van der Waals surface area contributed by atoms with Gasteiger partial charge < -0.3 is 5.32 Å². The van der Waals surface area contributed by atoms with Gasteiger partial charge in [-0.3, -0.25) is 0 Å². The van der Waals surface area contributed by atoms with E-state index >= 15 is 0 Å². The molecular weight excluding hydrogens is 335 g/mol. The molecule has 0 bridgehead atoms. The lowest BCUT2D eigenvalue weighted by molar-refractivity contribution is -0.137. The maximum atomic E-state index is 12.7. The second-order valence-corrected chi connectivity index (χ2v) is 6.58. The van der Waals surface area contributed by atoms with Crippen LogP contribution >= 0.6 is 0 Å². The average Bonchev–Trinajstić information content (AvgIpc) is 2.64. The Morgan fingerprint density at radius 1 is 0.885 bits per heavy atom. The topological polar surface area (TPSA) is 12.0 Å². The van der Waals surface area contributed by atoms with E-state index in [2.05, 4.69) is 42.6 Å². The highest BCUT2D eigenvalue weighted by molar-refractivity contribution is 5.83. The Bertz CT molecular complexity index is 870. The molecule has 3 aromatic carbocycles. The lowest BCUT2D eigenvalue weighted by Crippen LogP contribution is -2.20. The van der Waals surface area contributed by atoms with E-state index in [-0.39, 0.29) is 6.04 Å². The largest absolute Gasteiger partial charge is 0.416 e. The fourth-order valence-corrected chi connectivity index (χ4v) is 3.11. The molecule has 0 amide bonds. The summed E-state index contributed by atoms with van der Waals surface area (Å²) in [7, 11) is 0. The first kappa shape index (κ1) is 18.5. The Balaban J connectivity index is 1.53. The van der Waals surface area contributed by atoms with E-state index in [0.29, 0.717) is 6.42 Å². The summed E-state index contributed by atoms with van der Waals surface area (Å²) in [5.41, 5.74) is 1.36. The van der Waals surface area contributed by atoms with Crippen LogP contribution in [0.3, 0.4) is 0 Å². The van der Waals surface area contributed by atoms with Crippen LogP contribution in [0.2, 0.25) is 0 Å². The van der Waals surface area contributed by atoms with Gasteiger partial charge in [0.15, 0.2) is 0 Å². The average molecular weight is 357 g/mol. The Morgan fingerprint density at radius 2 is 1.65 bits per heavy atom. The van der Waals surface area contributed by atoms with Gasteiger partial charge in [0.25, 0.3) is 0 Å². The summed E-state index contributed by atoms with van der Waals surface area (Å²) >= 11 is 0. The van der Waals surface area contributed by atoms with E-state index in [4.69, 9.17) is 0 Å². The molecule has 0 aromatic heterocycles. The van der Waals surface area contributed by atoms with Crippen LogP contribution < -0.4 is 5.32 Å². The predicted molar refractivity (Wildman–Crippen MR) is 100 cm³/mol. The number of alkyl halides is 3. The van der Waals surface area contributed by atoms with Crippen LogP contribution in [-0.2, 0) is 12.6 Å². The maximum Gasteiger partial charge on any atom is 0.416 e. The molecule has 0 saturated heterocycles. The molecule has 1 atom stereocenters. The Kier molecular flexibility index (Phi) is 5.62. The molecule has 0 aliphatic rings. The molecule has 0 saturated carbocycles. The molecule has 1 nitrogen and oxygen atoms in total. The highest BCUT2D eigenvalue weighted by atomic mass is 19.4. The summed E-state index contributed by atoms with van der Waals surface area (Å²) in [6.45, 7) is 2.86. The summed E-state index contributed by atoms with van der Waals surface area (Å²) in [5.74, 6) is 0. The van der Waals surface area contributed by atoms with E-state index in [1.807, 2.05) is 12.1 Å². The minimum Gasteiger partial charge on any atom is -0.310 e. The third-order valence-electron chi connectivity index (χ3n) is 4.62. The van der Waals surface area contributed by atoms with Gasteiger partial charge in [0.1, 0.15) is 0 Å². The van der Waals surface area contributed by atoms with Crippen molar-refractivity contribution in [1.29, 1.82) is 0 Å². The fraction of sp³-hybridized carbons (Fsp3) is 0.273. The SMILES string of the molecule is C[C@@H](NCCCc1cccc(C(F)(F)F)c1)c1ccc2ccccc2c1. The number of rotatable bonds is 6. The van der Waals surface area contributed by atoms with Crippen molar-refractivity contribution in [2.24, 2.45) is 0 Å². The van der Waals surface area contributed by atoms with Crippen molar-refractivity contribution in [3.8, 4) is 0 Å². The molecule has 4 heteroatoms. The lowest BCUT2D eigenvalue weighted by Gasteiger charge is -2.15. The van der Waals surface area contributed by atoms with E-state index in [9.17, 15) is 13.2 Å². The van der Waals surface area contributed by atoms with E-state index in [1.54, 1.807) is 6.07 Å². The van der Waals surface area contributed by atoms with Crippen molar-refractivity contribution in [3.05, 3.63) is 83.4 Å². The molecule has 3 aromatic rings. The minimum atomic E-state index is -4.28. The van der Waals surface area contributed by atoms with Gasteiger partial charge >= 0.3 is 6.18 Å². The van der Waals surface area contributed by atoms with Gasteiger partial charge in [-0.05, 0) is 60.3 Å². The quantitative estimate of drug-likeness (QED) is 0.522. The van der Waals surface area contributed by atoms with Crippen molar-refractivity contribution in [2.45, 2.75) is 32.0 Å². The highest BCUT2D eigenvalue weighted by Gasteiger charge is 2.30. The highest BCUT2D eigenvalue weighted by Crippen LogP contribution is 2.29. The van der Waals surface area contributed by atoms with Crippen LogP contribution in [0.25, 0.3) is 10.8 Å². The van der Waals surface area contributed by atoms with Crippen LogP contribution in [0.5, 0.6) is 0 Å². The number of aryl methyl sites for hydroxylation is 1. The van der Waals surface area contributed by atoms with Gasteiger partial charge in [0.05, 0.1) is 5.56 Å². The zero-order chi connectivity index (χ0) is 18.6. The summed E-state index contributed by atoms with van der Waals surface area (Å²) in [6.07, 6.45) is -2.86. The standard InChI is InChI=1S/C22H22F3N/c1-16(19-12-11-18-8-2-3-9-20(18)15-19)26-13-5-7-17-6-4-10-21(14-17)22(23,24)25/h2-4,6,8-12,14-16,26H,5,7,13H2,1H3/t16-/m1/s1. The third kappa shape index (κ3) is 4.64. The van der Waals surface area contributed by atoms with E-state index < -0.39 is 11.7 Å². The van der Waals surface area contributed by atoms with Crippen LogP contribution in [0, 0.1) is 0 Å². The maximum absolute atomic E-state index is 12.7. The fourth-order valence-electron chi connectivity index (χ4n) is 3.11. The van der Waals surface area contributed by atoms with Crippen LogP contribution in [0.1, 0.15) is 36.1 Å². The number of halogens is 3. The van der Waals surface area contributed by atoms with Crippen molar-refractivity contribution >= 4 is 10.8 Å². The Hall–Kier alpha value is -2.33. The van der Waals surface area contributed by atoms with Gasteiger partial charge in [-0.2, -0.15) is 13.2 Å². The first-order chi connectivity index (χ1) is 12.4. The zero-order valence-corrected chi connectivity index (χ0v) is 14.7. The number of benzene rings is 3. The van der Waals surface area contributed by atoms with Crippen LogP contribution in [0.4, 0.5) is 13.2 Å². The molecular formula is C22H22F3N. The normalized spacial score (nSPS) is 13.1. The number of fused-ring (bicyclic) bond motifs is 1. The number of hydrogen-bond acceptors (Lipinski definition) is 1. The van der Waals surface area contributed by atoms with Crippen molar-refractivity contribution in [2.75, 3.05) is 6.54 Å². The summed E-state index contributed by atoms with van der Waals surface area (Å²) in [4.78, 5) is 0. The molecule has 0 spiro atoms. The summed E-state index contributed by atoms with van der Waals surface area (Å²) < 4.78 is 38.2. The second kappa shape index (κ2) is 7.92. The molecule has 136 valence electrons. The van der Waals surface area contributed by atoms with E-state index in [0.717, 1.165) is 24.6 Å². The smallest absolute Gasteiger partial charge is 0.310 e. The Labute approximate surface area is 151 Å². The molecule has 3 rings (SSSR count). The molecule has 1 N–H and O–H groups in total. The predicted octanol–water partition coefficient (Wildman–Crippen LogP) is 6.14. The first-order valence-corrected chi connectivity index (χ1v) is 8.82.